The molecule has 1 aromatic carbocycles. The van der Waals surface area contributed by atoms with Crippen LogP contribution in [0.3, 0.4) is 0 Å². The molecule has 1 aliphatic heterocycles. The van der Waals surface area contributed by atoms with Crippen LogP contribution in [0.25, 0.3) is 10.4 Å². The minimum atomic E-state index is -1.94. The number of aryl methyl sites for hydroxylation is 1. The third-order valence-corrected chi connectivity index (χ3v) is 12.5. The van der Waals surface area contributed by atoms with Crippen molar-refractivity contribution >= 4 is 40.8 Å². The predicted octanol–water partition coefficient (Wildman–Crippen LogP) is 4.56. The fourth-order valence-corrected chi connectivity index (χ4v) is 8.91. The number of carbonyl (C=O) groups excluding carboxylic acids is 3. The highest BCUT2D eigenvalue weighted by atomic mass is 32.2. The van der Waals surface area contributed by atoms with Crippen molar-refractivity contribution in [2.75, 3.05) is 32.9 Å². The molecular weight excluding hydrogens is 638 g/mol. The van der Waals surface area contributed by atoms with Gasteiger partial charge in [0.2, 0.25) is 11.8 Å². The first-order valence-electron chi connectivity index (χ1n) is 16.8. The van der Waals surface area contributed by atoms with Crippen LogP contribution in [-0.2, 0) is 20.9 Å². The van der Waals surface area contributed by atoms with Gasteiger partial charge in [-0.2, -0.15) is 11.8 Å². The Morgan fingerprint density at radius 3 is 2.40 bits per heavy atom. The second-order valence-corrected chi connectivity index (χ2v) is 17.0. The fourth-order valence-electron chi connectivity index (χ4n) is 6.77. The lowest BCUT2D eigenvalue weighted by atomic mass is 9.83. The number of nitrogens with one attached hydrogen (secondary N) is 2. The molecule has 5 rings (SSSR count). The van der Waals surface area contributed by atoms with E-state index < -0.39 is 40.4 Å². The van der Waals surface area contributed by atoms with Crippen LogP contribution in [0, 0.1) is 18.8 Å². The molecule has 0 spiro atoms. The molecule has 2 aromatic rings. The molecule has 3 N–H and O–H groups in total. The van der Waals surface area contributed by atoms with Crippen LogP contribution in [0.1, 0.15) is 70.1 Å². The summed E-state index contributed by atoms with van der Waals surface area (Å²) in [5.74, 6) is 0.431. The van der Waals surface area contributed by atoms with Crippen molar-refractivity contribution in [1.82, 2.24) is 25.4 Å². The summed E-state index contributed by atoms with van der Waals surface area (Å²) < 4.78 is 14.1. The van der Waals surface area contributed by atoms with Crippen LogP contribution in [0.5, 0.6) is 0 Å². The van der Waals surface area contributed by atoms with E-state index in [1.165, 1.54) is 17.7 Å². The lowest BCUT2D eigenvalue weighted by Crippen LogP contribution is -2.61. The first-order chi connectivity index (χ1) is 22.3. The number of amides is 3. The molecule has 3 amide bonds. The largest absolute Gasteiger partial charge is 0.391 e. The minimum absolute atomic E-state index is 0.0242. The molecule has 258 valence electrons. The van der Waals surface area contributed by atoms with Crippen molar-refractivity contribution < 1.29 is 23.9 Å². The molecule has 1 saturated heterocycles. The van der Waals surface area contributed by atoms with Crippen LogP contribution in [0.15, 0.2) is 29.8 Å². The third-order valence-electron chi connectivity index (χ3n) is 9.89. The van der Waals surface area contributed by atoms with E-state index in [2.05, 4.69) is 34.6 Å². The van der Waals surface area contributed by atoms with Crippen LogP contribution in [-0.4, -0.2) is 99.2 Å². The number of benzene rings is 1. The summed E-state index contributed by atoms with van der Waals surface area (Å²) in [5.41, 5.74) is 2.80. The normalized spacial score (nSPS) is 24.6. The Balaban J connectivity index is 1.24. The summed E-state index contributed by atoms with van der Waals surface area (Å²) >= 11 is 3.20. The number of carbonyl (C=O) groups is 3. The minimum Gasteiger partial charge on any atom is -0.391 e. The van der Waals surface area contributed by atoms with Gasteiger partial charge in [0.1, 0.15) is 12.1 Å². The first-order valence-corrected chi connectivity index (χ1v) is 18.7. The zero-order valence-electron chi connectivity index (χ0n) is 28.3. The van der Waals surface area contributed by atoms with Gasteiger partial charge in [-0.05, 0) is 102 Å². The van der Waals surface area contributed by atoms with E-state index in [1.54, 1.807) is 23.1 Å². The molecule has 1 aromatic heterocycles. The van der Waals surface area contributed by atoms with Gasteiger partial charge in [-0.1, -0.05) is 24.3 Å². The molecule has 2 saturated carbocycles. The van der Waals surface area contributed by atoms with Crippen molar-refractivity contribution in [2.45, 2.75) is 101 Å². The Morgan fingerprint density at radius 2 is 1.81 bits per heavy atom. The van der Waals surface area contributed by atoms with Crippen LogP contribution in [0.4, 0.5) is 4.39 Å². The Bertz CT molecular complexity index is 1400. The van der Waals surface area contributed by atoms with Gasteiger partial charge in [0.05, 0.1) is 22.2 Å². The number of aliphatic hydroxyl groups is 1. The zero-order valence-corrected chi connectivity index (χ0v) is 29.9. The molecule has 0 radical (unpaired) electrons. The number of aliphatic hydroxyl groups excluding tert-OH is 1. The van der Waals surface area contributed by atoms with Gasteiger partial charge >= 0.3 is 0 Å². The number of hydrogen-bond donors (Lipinski definition) is 3. The maximum absolute atomic E-state index is 14.9. The second-order valence-electron chi connectivity index (χ2n) is 14.5. The van der Waals surface area contributed by atoms with Gasteiger partial charge in [0, 0.05) is 30.8 Å². The maximum atomic E-state index is 14.9. The van der Waals surface area contributed by atoms with Crippen molar-refractivity contribution in [3.05, 3.63) is 41.0 Å². The number of nitrogens with zero attached hydrogens (tertiary/aromatic N) is 3. The first kappa shape index (κ1) is 35.8. The Hall–Kier alpha value is -2.54. The third kappa shape index (κ3) is 8.93. The summed E-state index contributed by atoms with van der Waals surface area (Å²) in [6, 6.07) is 5.94. The Labute approximate surface area is 286 Å². The monoisotopic (exact) mass is 687 g/mol. The topological polar surface area (TPSA) is 115 Å². The van der Waals surface area contributed by atoms with Crippen molar-refractivity contribution in [3.63, 3.8) is 0 Å². The number of rotatable bonds is 13. The number of thioether (sulfide) groups is 1. The van der Waals surface area contributed by atoms with E-state index in [4.69, 9.17) is 0 Å². The molecular formula is C35H50FN5O4S2. The highest BCUT2D eigenvalue weighted by molar-refractivity contribution is 8.00. The number of β-amino-alcohol motifs (C(OH)–C–C–N with tert-alkyl or cyclic N) is 1. The lowest BCUT2D eigenvalue weighted by molar-refractivity contribution is -0.143. The quantitative estimate of drug-likeness (QED) is 0.283. The summed E-state index contributed by atoms with van der Waals surface area (Å²) in [7, 11) is 4.22. The van der Waals surface area contributed by atoms with Gasteiger partial charge < -0.3 is 25.5 Å². The van der Waals surface area contributed by atoms with E-state index in [9.17, 15) is 23.9 Å². The summed E-state index contributed by atoms with van der Waals surface area (Å²) in [4.78, 5) is 49.8. The molecule has 9 nitrogen and oxygen atoms in total. The molecule has 0 unspecified atom stereocenters. The predicted molar refractivity (Wildman–Crippen MR) is 186 cm³/mol. The lowest BCUT2D eigenvalue weighted by Gasteiger charge is -2.39. The van der Waals surface area contributed by atoms with Crippen molar-refractivity contribution in [2.24, 2.45) is 11.8 Å². The SMILES string of the molecule is Cc1ncsc1-c1ccc(CNC(=O)[C@@H]2C[C@@H](O)CN2C(=O)[C@@H](NC(=O)C2(F)CC2)C(C)(C)SCC2CCC(CN(C)C)CC2)cc1. The van der Waals surface area contributed by atoms with Gasteiger partial charge in [-0.25, -0.2) is 9.37 Å². The summed E-state index contributed by atoms with van der Waals surface area (Å²) in [5, 5.41) is 16.3. The van der Waals surface area contributed by atoms with Gasteiger partial charge in [0.15, 0.2) is 5.67 Å². The van der Waals surface area contributed by atoms with Gasteiger partial charge in [0.25, 0.3) is 5.91 Å². The number of hydrogen-bond acceptors (Lipinski definition) is 8. The molecule has 3 atom stereocenters. The number of aromatic nitrogens is 1. The molecule has 2 heterocycles. The Morgan fingerprint density at radius 1 is 1.15 bits per heavy atom. The number of likely N-dealkylation sites (tertiary alicyclic amines) is 1. The van der Waals surface area contributed by atoms with Crippen LogP contribution >= 0.6 is 23.1 Å². The molecule has 0 bridgehead atoms. The Kier molecular flexibility index (Phi) is 11.4. The maximum Gasteiger partial charge on any atom is 0.258 e. The molecule has 3 aliphatic rings. The molecule has 47 heavy (non-hydrogen) atoms. The van der Waals surface area contributed by atoms with E-state index >= 15 is 0 Å². The van der Waals surface area contributed by atoms with Crippen LogP contribution < -0.4 is 10.6 Å². The molecule has 2 aliphatic carbocycles. The highest BCUT2D eigenvalue weighted by Crippen LogP contribution is 2.42. The molecule has 3 fully saturated rings. The average Bonchev–Trinajstić information content (AvgIpc) is 3.44. The van der Waals surface area contributed by atoms with Crippen molar-refractivity contribution in [3.8, 4) is 10.4 Å². The van der Waals surface area contributed by atoms with E-state index in [-0.39, 0.29) is 38.3 Å². The van der Waals surface area contributed by atoms with Gasteiger partial charge in [-0.3, -0.25) is 14.4 Å². The smallest absolute Gasteiger partial charge is 0.258 e. The van der Waals surface area contributed by atoms with E-state index in [0.29, 0.717) is 11.8 Å². The van der Waals surface area contributed by atoms with Gasteiger partial charge in [-0.15, -0.1) is 11.3 Å². The standard InChI is InChI=1S/C35H50FN5O4S2/c1-22-29(46-21-38-22)26-12-10-23(11-13-26)17-37-31(43)28-16-27(42)19-41(28)32(44)30(39-33(45)35(36)14-15-35)34(2,3)47-20-25-8-6-24(7-9-25)18-40(4)5/h10-13,21,24-25,27-28,30,42H,6-9,14-20H2,1-5H3,(H,37,43)(H,39,45)/t24?,25?,27-,28+,30-/m1/s1. The number of halogens is 1. The molecule has 12 heteroatoms. The zero-order chi connectivity index (χ0) is 33.9. The van der Waals surface area contributed by atoms with E-state index in [1.807, 2.05) is 50.5 Å². The highest BCUT2D eigenvalue weighted by Gasteiger charge is 2.54. The van der Waals surface area contributed by atoms with Crippen molar-refractivity contribution in [1.29, 1.82) is 0 Å². The number of alkyl halides is 1. The van der Waals surface area contributed by atoms with E-state index in [0.717, 1.165) is 46.8 Å². The fraction of sp³-hybridized carbons (Fsp3) is 0.657. The summed E-state index contributed by atoms with van der Waals surface area (Å²) in [6.45, 7) is 7.12. The van der Waals surface area contributed by atoms with Crippen LogP contribution in [0.2, 0.25) is 0 Å². The second kappa shape index (κ2) is 14.9. The summed E-state index contributed by atoms with van der Waals surface area (Å²) in [6.07, 6.45) is 4.08. The average molecular weight is 688 g/mol. The number of thiazole rings is 1.